The van der Waals surface area contributed by atoms with Crippen LogP contribution in [-0.4, -0.2) is 43.1 Å². The Morgan fingerprint density at radius 1 is 1.20 bits per heavy atom. The Morgan fingerprint density at radius 2 is 2.03 bits per heavy atom. The lowest BCUT2D eigenvalue weighted by molar-refractivity contribution is -0.135. The summed E-state index contributed by atoms with van der Waals surface area (Å²) in [7, 11) is 3.25. The highest BCUT2D eigenvalue weighted by atomic mass is 32.1. The van der Waals surface area contributed by atoms with Crippen molar-refractivity contribution in [2.75, 3.05) is 19.1 Å². The van der Waals surface area contributed by atoms with Crippen LogP contribution in [0.3, 0.4) is 0 Å². The van der Waals surface area contributed by atoms with Crippen molar-refractivity contribution in [2.24, 2.45) is 5.92 Å². The molecule has 3 aliphatic rings. The molecular weight excluding hydrogens is 404 g/mol. The summed E-state index contributed by atoms with van der Waals surface area (Å²) in [6.45, 7) is 0. The minimum atomic E-state index is -0.622. The number of methoxy groups -OCH3 is 2. The van der Waals surface area contributed by atoms with Gasteiger partial charge in [-0.3, -0.25) is 14.5 Å². The third-order valence-electron chi connectivity index (χ3n) is 6.20. The molecule has 3 heterocycles. The first-order chi connectivity index (χ1) is 14.6. The smallest absolute Gasteiger partial charge is 0.296 e. The van der Waals surface area contributed by atoms with E-state index in [1.165, 1.54) is 11.3 Å². The number of anilines is 1. The number of rotatable bonds is 4. The van der Waals surface area contributed by atoms with Crippen LogP contribution in [-0.2, 0) is 19.1 Å². The summed E-state index contributed by atoms with van der Waals surface area (Å²) in [4.78, 5) is 33.1. The van der Waals surface area contributed by atoms with Crippen molar-refractivity contribution in [3.8, 4) is 5.75 Å². The topological polar surface area (TPSA) is 78.0 Å². The first kappa shape index (κ1) is 19.3. The number of hydrogen-bond acceptors (Lipinski definition) is 7. The van der Waals surface area contributed by atoms with Gasteiger partial charge in [-0.15, -0.1) is 11.3 Å². The van der Waals surface area contributed by atoms with Crippen molar-refractivity contribution in [3.05, 3.63) is 52.7 Å². The Morgan fingerprint density at radius 3 is 2.77 bits per heavy atom. The molecule has 5 rings (SSSR count). The quantitative estimate of drug-likeness (QED) is 0.747. The number of thiazole rings is 1. The van der Waals surface area contributed by atoms with Gasteiger partial charge < -0.3 is 14.2 Å². The lowest BCUT2D eigenvalue weighted by Crippen LogP contribution is -2.43. The summed E-state index contributed by atoms with van der Waals surface area (Å²) in [5.41, 5.74) is 1.16. The fourth-order valence-electron chi connectivity index (χ4n) is 4.76. The number of hydrogen-bond donors (Lipinski definition) is 0. The minimum absolute atomic E-state index is 0.0147. The molecule has 0 spiro atoms. The Balaban J connectivity index is 1.64. The third kappa shape index (κ3) is 2.86. The van der Waals surface area contributed by atoms with Gasteiger partial charge in [0.05, 0.1) is 24.7 Å². The zero-order chi connectivity index (χ0) is 20.8. The van der Waals surface area contributed by atoms with Crippen molar-refractivity contribution in [2.45, 2.75) is 37.5 Å². The molecular formula is C22H22N2O5S. The zero-order valence-electron chi connectivity index (χ0n) is 16.7. The highest BCUT2D eigenvalue weighted by Crippen LogP contribution is 2.50. The Bertz CT molecular complexity index is 1020. The lowest BCUT2D eigenvalue weighted by atomic mass is 9.76. The van der Waals surface area contributed by atoms with Crippen LogP contribution >= 0.6 is 11.3 Å². The van der Waals surface area contributed by atoms with E-state index in [0.29, 0.717) is 29.3 Å². The van der Waals surface area contributed by atoms with E-state index in [-0.39, 0.29) is 35.6 Å². The summed E-state index contributed by atoms with van der Waals surface area (Å²) < 4.78 is 17.3. The Kier molecular flexibility index (Phi) is 4.83. The van der Waals surface area contributed by atoms with Crippen LogP contribution in [0.5, 0.6) is 5.75 Å². The van der Waals surface area contributed by atoms with Gasteiger partial charge in [-0.2, -0.15) is 0 Å². The second-order valence-corrected chi connectivity index (χ2v) is 8.55. The van der Waals surface area contributed by atoms with Crippen LogP contribution in [0.1, 0.15) is 30.9 Å². The van der Waals surface area contributed by atoms with Gasteiger partial charge in [0.2, 0.25) is 0 Å². The molecule has 4 atom stereocenters. The molecule has 0 bridgehead atoms. The van der Waals surface area contributed by atoms with Gasteiger partial charge >= 0.3 is 0 Å². The number of ketones is 1. The molecule has 0 N–H and O–H groups in total. The number of nitrogens with zero attached hydrogens (tertiary/aromatic N) is 2. The van der Waals surface area contributed by atoms with Crippen LogP contribution in [0, 0.1) is 5.92 Å². The van der Waals surface area contributed by atoms with Crippen molar-refractivity contribution in [1.82, 2.24) is 4.98 Å². The number of carbonyl (C=O) groups excluding carboxylic acids is 2. The maximum atomic E-state index is 13.7. The zero-order valence-corrected chi connectivity index (χ0v) is 17.6. The highest BCUT2D eigenvalue weighted by Gasteiger charge is 2.54. The second-order valence-electron chi connectivity index (χ2n) is 7.67. The summed E-state index contributed by atoms with van der Waals surface area (Å²) in [5, 5.41) is 2.34. The molecule has 7 nitrogen and oxygen atoms in total. The summed E-state index contributed by atoms with van der Waals surface area (Å²) in [5.74, 6) is 0.144. The Hall–Kier alpha value is -2.71. The van der Waals surface area contributed by atoms with Gasteiger partial charge in [0.15, 0.2) is 16.7 Å². The van der Waals surface area contributed by atoms with Crippen molar-refractivity contribution in [1.29, 1.82) is 0 Å². The van der Waals surface area contributed by atoms with Gasteiger partial charge in [-0.1, -0.05) is 18.2 Å². The number of aromatic nitrogens is 1. The van der Waals surface area contributed by atoms with Crippen LogP contribution in [0.25, 0.3) is 0 Å². The number of ether oxygens (including phenoxy) is 3. The third-order valence-corrected chi connectivity index (χ3v) is 6.97. The van der Waals surface area contributed by atoms with E-state index in [9.17, 15) is 9.59 Å². The van der Waals surface area contributed by atoms with Crippen molar-refractivity contribution >= 4 is 28.2 Å². The minimum Gasteiger partial charge on any atom is -0.496 e. The average Bonchev–Trinajstić information content (AvgIpc) is 3.40. The molecule has 1 aromatic heterocycles. The predicted molar refractivity (Wildman–Crippen MR) is 110 cm³/mol. The number of Topliss-reactive ketones (excluding diaryl/α,β-unsaturated/α-hetero) is 1. The number of amides is 1. The van der Waals surface area contributed by atoms with Gasteiger partial charge in [-0.25, -0.2) is 4.98 Å². The van der Waals surface area contributed by atoms with Crippen LogP contribution in [0.4, 0.5) is 5.13 Å². The van der Waals surface area contributed by atoms with Crippen LogP contribution < -0.4 is 9.64 Å². The summed E-state index contributed by atoms with van der Waals surface area (Å²) in [6, 6.07) is 6.84. The number of para-hydroxylation sites is 1. The molecule has 0 radical (unpaired) electrons. The molecule has 1 saturated carbocycles. The maximum absolute atomic E-state index is 13.7. The normalized spacial score (nSPS) is 28.3. The number of fused-ring (bicyclic) bond motifs is 1. The molecule has 0 saturated heterocycles. The monoisotopic (exact) mass is 426 g/mol. The molecule has 1 aliphatic carbocycles. The average molecular weight is 426 g/mol. The molecule has 2 aliphatic heterocycles. The van der Waals surface area contributed by atoms with Gasteiger partial charge in [0, 0.05) is 30.7 Å². The van der Waals surface area contributed by atoms with Crippen molar-refractivity contribution < 1.29 is 23.8 Å². The van der Waals surface area contributed by atoms with Gasteiger partial charge in [0.1, 0.15) is 17.9 Å². The largest absolute Gasteiger partial charge is 0.496 e. The molecule has 1 fully saturated rings. The molecule has 1 amide bonds. The molecule has 30 heavy (non-hydrogen) atoms. The standard InChI is InChI=1S/C22H22N2O5S/c1-27-12-7-8-14-16(11-12)29-20-17(19(14)25)18(13-5-3-4-6-15(13)28-2)24(21(20)26)22-23-9-10-30-22/h3-6,9-10,12,14,16,18H,7-8,11H2,1-2H3. The first-order valence-electron chi connectivity index (χ1n) is 9.97. The fraction of sp³-hybridized carbons (Fsp3) is 0.409. The fourth-order valence-corrected chi connectivity index (χ4v) is 5.43. The lowest BCUT2D eigenvalue weighted by Gasteiger charge is -2.38. The van der Waals surface area contributed by atoms with E-state index in [0.717, 1.165) is 12.0 Å². The highest BCUT2D eigenvalue weighted by molar-refractivity contribution is 7.13. The molecule has 1 aromatic carbocycles. The SMILES string of the molecule is COc1ccccc1C1C2=C(OC3CC(OC)CCC3C2=O)C(=O)N1c1nccs1. The van der Waals surface area contributed by atoms with E-state index in [1.54, 1.807) is 25.3 Å². The van der Waals surface area contributed by atoms with Crippen LogP contribution in [0.15, 0.2) is 47.2 Å². The summed E-state index contributed by atoms with van der Waals surface area (Å²) >= 11 is 1.35. The predicted octanol–water partition coefficient (Wildman–Crippen LogP) is 3.28. The van der Waals surface area contributed by atoms with Gasteiger partial charge in [-0.05, 0) is 18.9 Å². The maximum Gasteiger partial charge on any atom is 0.296 e. The van der Waals surface area contributed by atoms with Gasteiger partial charge in [0.25, 0.3) is 5.91 Å². The van der Waals surface area contributed by atoms with E-state index >= 15 is 0 Å². The Labute approximate surface area is 178 Å². The first-order valence-corrected chi connectivity index (χ1v) is 10.9. The second kappa shape index (κ2) is 7.52. The molecule has 2 aromatic rings. The van der Waals surface area contributed by atoms with Crippen LogP contribution in [0.2, 0.25) is 0 Å². The van der Waals surface area contributed by atoms with E-state index in [2.05, 4.69) is 4.98 Å². The number of benzene rings is 1. The molecule has 156 valence electrons. The van der Waals surface area contributed by atoms with E-state index in [4.69, 9.17) is 14.2 Å². The van der Waals surface area contributed by atoms with E-state index < -0.39 is 6.04 Å². The van der Waals surface area contributed by atoms with Crippen molar-refractivity contribution in [3.63, 3.8) is 0 Å². The van der Waals surface area contributed by atoms with E-state index in [1.807, 2.05) is 29.6 Å². The molecule has 8 heteroatoms. The molecule has 4 unspecified atom stereocenters. The summed E-state index contributed by atoms with van der Waals surface area (Å²) in [6.07, 6.45) is 3.44. The number of carbonyl (C=O) groups is 2.